The van der Waals surface area contributed by atoms with E-state index in [1.54, 1.807) is 0 Å². The van der Waals surface area contributed by atoms with Crippen LogP contribution in [0.4, 0.5) is 0 Å². The second kappa shape index (κ2) is 10.9. The Morgan fingerprint density at radius 3 is 2.20 bits per heavy atom. The standard InChI is InChI=1S/C17H32N2O/c1-4-7-9-11-15(12-10-8-5-2)18-14-17-19-13-16(6-3)20-17/h13,15,18H,4-12,14H2,1-3H3. The number of rotatable bonds is 12. The van der Waals surface area contributed by atoms with Crippen molar-refractivity contribution < 1.29 is 4.42 Å². The van der Waals surface area contributed by atoms with Crippen LogP contribution >= 0.6 is 0 Å². The molecule has 0 saturated heterocycles. The van der Waals surface area contributed by atoms with Crippen LogP contribution in [0, 0.1) is 0 Å². The SMILES string of the molecule is CCCCCC(CCCCC)NCc1ncc(CC)o1. The van der Waals surface area contributed by atoms with Crippen molar-refractivity contribution in [2.24, 2.45) is 0 Å². The van der Waals surface area contributed by atoms with Gasteiger partial charge in [-0.3, -0.25) is 0 Å². The molecule has 1 N–H and O–H groups in total. The number of aromatic nitrogens is 1. The predicted molar refractivity (Wildman–Crippen MR) is 84.8 cm³/mol. The summed E-state index contributed by atoms with van der Waals surface area (Å²) in [5.74, 6) is 1.81. The molecule has 1 aromatic rings. The zero-order valence-corrected chi connectivity index (χ0v) is 13.6. The average molecular weight is 280 g/mol. The first-order valence-electron chi connectivity index (χ1n) is 8.47. The second-order valence-electron chi connectivity index (χ2n) is 5.64. The van der Waals surface area contributed by atoms with E-state index in [2.05, 4.69) is 31.1 Å². The summed E-state index contributed by atoms with van der Waals surface area (Å²) in [6.07, 6.45) is 13.2. The Morgan fingerprint density at radius 2 is 1.70 bits per heavy atom. The minimum absolute atomic E-state index is 0.616. The van der Waals surface area contributed by atoms with Crippen molar-refractivity contribution in [3.8, 4) is 0 Å². The van der Waals surface area contributed by atoms with Crippen molar-refractivity contribution in [3.05, 3.63) is 17.8 Å². The molecule has 0 radical (unpaired) electrons. The Balaban J connectivity index is 2.33. The number of oxazole rings is 1. The lowest BCUT2D eigenvalue weighted by Gasteiger charge is -2.17. The van der Waals surface area contributed by atoms with Gasteiger partial charge in [-0.2, -0.15) is 0 Å². The van der Waals surface area contributed by atoms with E-state index in [9.17, 15) is 0 Å². The monoisotopic (exact) mass is 280 g/mol. The molecule has 1 rings (SSSR count). The van der Waals surface area contributed by atoms with Gasteiger partial charge >= 0.3 is 0 Å². The third kappa shape index (κ3) is 7.09. The molecule has 3 nitrogen and oxygen atoms in total. The van der Waals surface area contributed by atoms with Gasteiger partial charge in [-0.25, -0.2) is 4.98 Å². The third-order valence-corrected chi connectivity index (χ3v) is 3.80. The fraction of sp³-hybridized carbons (Fsp3) is 0.824. The molecule has 1 heterocycles. The van der Waals surface area contributed by atoms with Crippen LogP contribution in [0.3, 0.4) is 0 Å². The van der Waals surface area contributed by atoms with Crippen LogP contribution < -0.4 is 5.32 Å². The minimum atomic E-state index is 0.616. The Morgan fingerprint density at radius 1 is 1.05 bits per heavy atom. The number of aryl methyl sites for hydroxylation is 1. The van der Waals surface area contributed by atoms with Crippen LogP contribution in [0.25, 0.3) is 0 Å². The molecule has 116 valence electrons. The molecule has 0 amide bonds. The van der Waals surface area contributed by atoms with Crippen molar-refractivity contribution in [1.82, 2.24) is 10.3 Å². The van der Waals surface area contributed by atoms with E-state index in [1.807, 2.05) is 6.20 Å². The highest BCUT2D eigenvalue weighted by atomic mass is 16.4. The first-order chi connectivity index (χ1) is 9.80. The van der Waals surface area contributed by atoms with E-state index in [-0.39, 0.29) is 0 Å². The molecule has 1 aromatic heterocycles. The molecular weight excluding hydrogens is 248 g/mol. The van der Waals surface area contributed by atoms with E-state index < -0.39 is 0 Å². The number of nitrogens with one attached hydrogen (secondary N) is 1. The van der Waals surface area contributed by atoms with Gasteiger partial charge in [0.1, 0.15) is 5.76 Å². The summed E-state index contributed by atoms with van der Waals surface area (Å²) < 4.78 is 5.66. The molecule has 0 spiro atoms. The van der Waals surface area contributed by atoms with Gasteiger partial charge in [0.25, 0.3) is 0 Å². The van der Waals surface area contributed by atoms with Crippen LogP contribution in [-0.4, -0.2) is 11.0 Å². The van der Waals surface area contributed by atoms with Gasteiger partial charge in [-0.05, 0) is 12.8 Å². The fourth-order valence-electron chi connectivity index (χ4n) is 2.45. The first-order valence-corrected chi connectivity index (χ1v) is 8.47. The Kier molecular flexibility index (Phi) is 9.38. The lowest BCUT2D eigenvalue weighted by atomic mass is 10.0. The van der Waals surface area contributed by atoms with Crippen molar-refractivity contribution in [2.75, 3.05) is 0 Å². The molecule has 0 fully saturated rings. The minimum Gasteiger partial charge on any atom is -0.444 e. The third-order valence-electron chi connectivity index (χ3n) is 3.80. The topological polar surface area (TPSA) is 38.1 Å². The molecule has 0 aliphatic rings. The molecular formula is C17H32N2O. The van der Waals surface area contributed by atoms with Gasteiger partial charge in [0, 0.05) is 12.5 Å². The quantitative estimate of drug-likeness (QED) is 0.556. The average Bonchev–Trinajstić information content (AvgIpc) is 2.92. The van der Waals surface area contributed by atoms with Gasteiger partial charge in [0.05, 0.1) is 12.7 Å². The van der Waals surface area contributed by atoms with Crippen LogP contribution in [0.5, 0.6) is 0 Å². The van der Waals surface area contributed by atoms with Crippen molar-refractivity contribution in [1.29, 1.82) is 0 Å². The lowest BCUT2D eigenvalue weighted by molar-refractivity contribution is 0.378. The summed E-state index contributed by atoms with van der Waals surface area (Å²) in [4.78, 5) is 4.32. The highest BCUT2D eigenvalue weighted by molar-refractivity contribution is 4.93. The molecule has 0 aliphatic heterocycles. The Bertz CT molecular complexity index is 325. The zero-order chi connectivity index (χ0) is 14.6. The normalized spacial score (nSPS) is 11.4. The Labute approximate surface area is 124 Å². The summed E-state index contributed by atoms with van der Waals surface area (Å²) in [7, 11) is 0. The number of hydrogen-bond donors (Lipinski definition) is 1. The van der Waals surface area contributed by atoms with Gasteiger partial charge in [0.15, 0.2) is 0 Å². The summed E-state index contributed by atoms with van der Waals surface area (Å²) in [6.45, 7) is 7.38. The van der Waals surface area contributed by atoms with Gasteiger partial charge in [-0.15, -0.1) is 0 Å². The molecule has 0 aromatic carbocycles. The highest BCUT2D eigenvalue weighted by Gasteiger charge is 2.10. The van der Waals surface area contributed by atoms with E-state index in [0.717, 1.165) is 24.6 Å². The number of hydrogen-bond acceptors (Lipinski definition) is 3. The van der Waals surface area contributed by atoms with E-state index in [1.165, 1.54) is 51.4 Å². The summed E-state index contributed by atoms with van der Waals surface area (Å²) in [5.41, 5.74) is 0. The molecule has 0 atom stereocenters. The van der Waals surface area contributed by atoms with Crippen LogP contribution in [0.2, 0.25) is 0 Å². The van der Waals surface area contributed by atoms with Crippen LogP contribution in [0.1, 0.15) is 83.8 Å². The van der Waals surface area contributed by atoms with Crippen LogP contribution in [0.15, 0.2) is 10.6 Å². The lowest BCUT2D eigenvalue weighted by Crippen LogP contribution is -2.28. The van der Waals surface area contributed by atoms with E-state index >= 15 is 0 Å². The van der Waals surface area contributed by atoms with Gasteiger partial charge in [0.2, 0.25) is 5.89 Å². The largest absolute Gasteiger partial charge is 0.444 e. The van der Waals surface area contributed by atoms with Crippen LogP contribution in [-0.2, 0) is 13.0 Å². The van der Waals surface area contributed by atoms with Gasteiger partial charge in [-0.1, -0.05) is 59.3 Å². The van der Waals surface area contributed by atoms with Gasteiger partial charge < -0.3 is 9.73 Å². The number of nitrogens with zero attached hydrogens (tertiary/aromatic N) is 1. The predicted octanol–water partition coefficient (Wildman–Crippen LogP) is 4.86. The smallest absolute Gasteiger partial charge is 0.208 e. The zero-order valence-electron chi connectivity index (χ0n) is 13.6. The molecule has 0 saturated carbocycles. The molecule has 3 heteroatoms. The van der Waals surface area contributed by atoms with Crippen molar-refractivity contribution in [3.63, 3.8) is 0 Å². The maximum absolute atomic E-state index is 5.66. The van der Waals surface area contributed by atoms with E-state index in [4.69, 9.17) is 4.42 Å². The Hall–Kier alpha value is -0.830. The molecule has 0 unspecified atom stereocenters. The number of unbranched alkanes of at least 4 members (excludes halogenated alkanes) is 4. The summed E-state index contributed by atoms with van der Waals surface area (Å²) in [6, 6.07) is 0.616. The maximum atomic E-state index is 5.66. The van der Waals surface area contributed by atoms with Crippen molar-refractivity contribution >= 4 is 0 Å². The summed E-state index contributed by atoms with van der Waals surface area (Å²) in [5, 5.41) is 3.64. The maximum Gasteiger partial charge on any atom is 0.208 e. The molecule has 20 heavy (non-hydrogen) atoms. The first kappa shape index (κ1) is 17.2. The second-order valence-corrected chi connectivity index (χ2v) is 5.64. The highest BCUT2D eigenvalue weighted by Crippen LogP contribution is 2.12. The fourth-order valence-corrected chi connectivity index (χ4v) is 2.45. The summed E-state index contributed by atoms with van der Waals surface area (Å²) >= 11 is 0. The molecule has 0 bridgehead atoms. The van der Waals surface area contributed by atoms with Crippen molar-refractivity contribution in [2.45, 2.75) is 91.1 Å². The molecule has 0 aliphatic carbocycles. The van der Waals surface area contributed by atoms with E-state index in [0.29, 0.717) is 6.04 Å².